The molecule has 0 saturated heterocycles. The van der Waals surface area contributed by atoms with Crippen molar-refractivity contribution in [1.29, 1.82) is 0 Å². The van der Waals surface area contributed by atoms with Gasteiger partial charge in [-0.15, -0.1) is 0 Å². The van der Waals surface area contributed by atoms with Crippen molar-refractivity contribution in [3.8, 4) is 0 Å². The lowest BCUT2D eigenvalue weighted by atomic mass is 10.1. The first-order chi connectivity index (χ1) is 5.00. The third-order valence-corrected chi connectivity index (χ3v) is 1.33. The van der Waals surface area contributed by atoms with E-state index in [0.717, 1.165) is 0 Å². The van der Waals surface area contributed by atoms with E-state index >= 15 is 0 Å². The Balaban J connectivity index is 4.00. The first kappa shape index (κ1) is 10.5. The molecule has 3 unspecified atom stereocenters. The highest BCUT2D eigenvalue weighted by atomic mass is 16.4. The highest BCUT2D eigenvalue weighted by Gasteiger charge is 2.27. The van der Waals surface area contributed by atoms with E-state index in [1.54, 1.807) is 0 Å². The molecule has 0 aliphatic heterocycles. The molecule has 0 spiro atoms. The van der Waals surface area contributed by atoms with Gasteiger partial charge in [-0.2, -0.15) is 0 Å². The van der Waals surface area contributed by atoms with E-state index in [0.29, 0.717) is 0 Å². The van der Waals surface area contributed by atoms with Crippen LogP contribution < -0.4 is 0 Å². The molecule has 0 radical (unpaired) electrons. The molecule has 0 saturated carbocycles. The van der Waals surface area contributed by atoms with Crippen molar-refractivity contribution < 1.29 is 25.2 Å². The van der Waals surface area contributed by atoms with Crippen LogP contribution in [0.4, 0.5) is 0 Å². The molecule has 0 aliphatic rings. The van der Waals surface area contributed by atoms with Gasteiger partial charge in [0.25, 0.3) is 0 Å². The molecule has 66 valence electrons. The van der Waals surface area contributed by atoms with E-state index in [-0.39, 0.29) is 6.29 Å². The Bertz CT molecular complexity index is 124. The van der Waals surface area contributed by atoms with Crippen molar-refractivity contribution in [1.82, 2.24) is 0 Å². The Kier molecular flexibility index (Phi) is 4.20. The highest BCUT2D eigenvalue weighted by molar-refractivity contribution is 5.56. The standard InChI is InChI=1S/C6H12O5/c1-3(8)5(10)6(11)4(9)2-7/h2-6,8-11H,1H3/t3?,4-,5?,6?/m1/s1. The number of carbonyl (C=O) groups excluding carboxylic acids is 1. The second-order valence-corrected chi connectivity index (χ2v) is 2.35. The van der Waals surface area contributed by atoms with Gasteiger partial charge >= 0.3 is 0 Å². The van der Waals surface area contributed by atoms with E-state index in [9.17, 15) is 4.79 Å². The number of aldehydes is 1. The summed E-state index contributed by atoms with van der Waals surface area (Å²) >= 11 is 0. The number of aliphatic hydroxyl groups excluding tert-OH is 4. The fourth-order valence-corrected chi connectivity index (χ4v) is 0.568. The van der Waals surface area contributed by atoms with Crippen LogP contribution >= 0.6 is 0 Å². The molecule has 0 heterocycles. The van der Waals surface area contributed by atoms with E-state index in [1.165, 1.54) is 6.92 Å². The van der Waals surface area contributed by atoms with E-state index < -0.39 is 24.4 Å². The molecule has 4 N–H and O–H groups in total. The van der Waals surface area contributed by atoms with Gasteiger partial charge in [0.05, 0.1) is 6.10 Å². The highest BCUT2D eigenvalue weighted by Crippen LogP contribution is 2.02. The summed E-state index contributed by atoms with van der Waals surface area (Å²) in [5, 5.41) is 35.1. The zero-order chi connectivity index (χ0) is 9.02. The van der Waals surface area contributed by atoms with Gasteiger partial charge in [0, 0.05) is 0 Å². The smallest absolute Gasteiger partial charge is 0.151 e. The zero-order valence-corrected chi connectivity index (χ0v) is 6.08. The minimum absolute atomic E-state index is 0.0935. The van der Waals surface area contributed by atoms with Crippen LogP contribution in [-0.2, 0) is 4.79 Å². The molecule has 4 atom stereocenters. The molecule has 0 rings (SSSR count). The number of hydrogen-bond donors (Lipinski definition) is 4. The second kappa shape index (κ2) is 4.40. The van der Waals surface area contributed by atoms with E-state index in [4.69, 9.17) is 20.4 Å². The Morgan fingerprint density at radius 3 is 1.82 bits per heavy atom. The molecule has 0 aromatic heterocycles. The molecular formula is C6H12O5. The Morgan fingerprint density at radius 2 is 1.55 bits per heavy atom. The second-order valence-electron chi connectivity index (χ2n) is 2.35. The minimum atomic E-state index is -1.65. The van der Waals surface area contributed by atoms with Crippen LogP contribution in [0.1, 0.15) is 6.92 Å². The number of aliphatic hydroxyl groups is 4. The maximum absolute atomic E-state index is 9.87. The fourth-order valence-electron chi connectivity index (χ4n) is 0.568. The Labute approximate surface area is 63.9 Å². The SMILES string of the molecule is CC(O)C(O)C(O)[C@H](O)C=O. The summed E-state index contributed by atoms with van der Waals surface area (Å²) in [5.41, 5.74) is 0. The summed E-state index contributed by atoms with van der Waals surface area (Å²) in [6, 6.07) is 0. The van der Waals surface area contributed by atoms with E-state index in [2.05, 4.69) is 0 Å². The van der Waals surface area contributed by atoms with Crippen molar-refractivity contribution >= 4 is 6.29 Å². The van der Waals surface area contributed by atoms with Crippen LogP contribution in [0.5, 0.6) is 0 Å². The molecule has 5 heteroatoms. The van der Waals surface area contributed by atoms with Gasteiger partial charge in [0.2, 0.25) is 0 Å². The van der Waals surface area contributed by atoms with Crippen LogP contribution in [0.2, 0.25) is 0 Å². The van der Waals surface area contributed by atoms with E-state index in [1.807, 2.05) is 0 Å². The summed E-state index contributed by atoms with van der Waals surface area (Å²) in [5.74, 6) is 0. The molecule has 5 nitrogen and oxygen atoms in total. The number of carbonyl (C=O) groups is 1. The number of rotatable bonds is 4. The zero-order valence-electron chi connectivity index (χ0n) is 6.08. The summed E-state index contributed by atoms with van der Waals surface area (Å²) < 4.78 is 0. The van der Waals surface area contributed by atoms with Gasteiger partial charge in [-0.25, -0.2) is 0 Å². The summed E-state index contributed by atoms with van der Waals surface area (Å²) in [7, 11) is 0. The predicted molar refractivity (Wildman–Crippen MR) is 35.8 cm³/mol. The normalized spacial score (nSPS) is 21.9. The maximum Gasteiger partial charge on any atom is 0.151 e. The molecule has 0 fully saturated rings. The molecule has 0 amide bonds. The molecule has 0 bridgehead atoms. The predicted octanol–water partition coefficient (Wildman–Crippen LogP) is -2.35. The average molecular weight is 164 g/mol. The van der Waals surface area contributed by atoms with Crippen molar-refractivity contribution in [2.75, 3.05) is 0 Å². The Hall–Kier alpha value is -0.490. The van der Waals surface area contributed by atoms with Gasteiger partial charge in [0.1, 0.15) is 18.3 Å². The fraction of sp³-hybridized carbons (Fsp3) is 0.833. The number of hydrogen-bond acceptors (Lipinski definition) is 5. The molecule has 0 aliphatic carbocycles. The average Bonchev–Trinajstić information content (AvgIpc) is 2.00. The van der Waals surface area contributed by atoms with Gasteiger partial charge in [0.15, 0.2) is 6.29 Å². The van der Waals surface area contributed by atoms with Gasteiger partial charge in [-0.05, 0) is 6.92 Å². The van der Waals surface area contributed by atoms with Crippen LogP contribution in [0.3, 0.4) is 0 Å². The quantitative estimate of drug-likeness (QED) is 0.349. The minimum Gasteiger partial charge on any atom is -0.391 e. The molecule has 0 aromatic carbocycles. The molecular weight excluding hydrogens is 152 g/mol. The summed E-state index contributed by atoms with van der Waals surface area (Å²) in [4.78, 5) is 9.87. The third kappa shape index (κ3) is 2.94. The lowest BCUT2D eigenvalue weighted by Crippen LogP contribution is -2.43. The van der Waals surface area contributed by atoms with Crippen LogP contribution in [0.15, 0.2) is 0 Å². The monoisotopic (exact) mass is 164 g/mol. The largest absolute Gasteiger partial charge is 0.391 e. The van der Waals surface area contributed by atoms with Crippen LogP contribution in [0, 0.1) is 0 Å². The van der Waals surface area contributed by atoms with Crippen LogP contribution in [0.25, 0.3) is 0 Å². The lowest BCUT2D eigenvalue weighted by molar-refractivity contribution is -0.132. The molecule has 0 aromatic rings. The summed E-state index contributed by atoms with van der Waals surface area (Å²) in [6.07, 6.45) is -5.88. The lowest BCUT2D eigenvalue weighted by Gasteiger charge is -2.21. The molecule has 11 heavy (non-hydrogen) atoms. The maximum atomic E-state index is 9.87. The van der Waals surface area contributed by atoms with Crippen LogP contribution in [-0.4, -0.2) is 51.1 Å². The van der Waals surface area contributed by atoms with Gasteiger partial charge < -0.3 is 25.2 Å². The Morgan fingerprint density at radius 1 is 1.09 bits per heavy atom. The summed E-state index contributed by atoms with van der Waals surface area (Å²) in [6.45, 7) is 1.24. The van der Waals surface area contributed by atoms with Crippen molar-refractivity contribution in [2.45, 2.75) is 31.3 Å². The first-order valence-corrected chi connectivity index (χ1v) is 3.18. The first-order valence-electron chi connectivity index (χ1n) is 3.18. The van der Waals surface area contributed by atoms with Crippen molar-refractivity contribution in [2.24, 2.45) is 0 Å². The third-order valence-electron chi connectivity index (χ3n) is 1.33. The van der Waals surface area contributed by atoms with Crippen molar-refractivity contribution in [3.05, 3.63) is 0 Å². The van der Waals surface area contributed by atoms with Gasteiger partial charge in [-0.3, -0.25) is 0 Å². The topological polar surface area (TPSA) is 98.0 Å². The van der Waals surface area contributed by atoms with Gasteiger partial charge in [-0.1, -0.05) is 0 Å². The van der Waals surface area contributed by atoms with Crippen molar-refractivity contribution in [3.63, 3.8) is 0 Å².